The van der Waals surface area contributed by atoms with Gasteiger partial charge in [0.2, 0.25) is 0 Å². The number of rotatable bonds is 2. The Kier molecular flexibility index (Phi) is 2.38. The zero-order valence-corrected chi connectivity index (χ0v) is 10.0. The summed E-state index contributed by atoms with van der Waals surface area (Å²) in [6.45, 7) is 0. The van der Waals surface area contributed by atoms with E-state index in [0.29, 0.717) is 5.75 Å². The van der Waals surface area contributed by atoms with Crippen LogP contribution in [0.5, 0.6) is 5.75 Å². The van der Waals surface area contributed by atoms with Crippen molar-refractivity contribution in [2.24, 2.45) is 5.73 Å². The molecule has 0 spiro atoms. The quantitative estimate of drug-likeness (QED) is 0.845. The van der Waals surface area contributed by atoms with Gasteiger partial charge in [-0.2, -0.15) is 0 Å². The van der Waals surface area contributed by atoms with Crippen molar-refractivity contribution in [3.05, 3.63) is 54.4 Å². The van der Waals surface area contributed by atoms with E-state index in [1.54, 1.807) is 19.6 Å². The van der Waals surface area contributed by atoms with Crippen LogP contribution < -0.4 is 15.8 Å². The Morgan fingerprint density at radius 1 is 1.22 bits per heavy atom. The zero-order chi connectivity index (χ0) is 12.6. The van der Waals surface area contributed by atoms with Gasteiger partial charge in [0.05, 0.1) is 12.7 Å². The largest absolute Gasteiger partial charge is 0.496 e. The van der Waals surface area contributed by atoms with Gasteiger partial charge in [-0.3, -0.25) is 5.73 Å². The van der Waals surface area contributed by atoms with Gasteiger partial charge in [-0.15, -0.1) is 0 Å². The molecule has 1 unspecified atom stereocenters. The fourth-order valence-corrected chi connectivity index (χ4v) is 2.27. The molecule has 18 heavy (non-hydrogen) atoms. The summed E-state index contributed by atoms with van der Waals surface area (Å²) in [5, 5.41) is 5.11. The molecule has 0 saturated heterocycles. The summed E-state index contributed by atoms with van der Waals surface area (Å²) in [6.07, 6.45) is 3.22. The molecule has 1 aliphatic rings. The minimum Gasteiger partial charge on any atom is -0.496 e. The van der Waals surface area contributed by atoms with Gasteiger partial charge in [0.25, 0.3) is 5.85 Å². The second-order valence-corrected chi connectivity index (χ2v) is 4.16. The molecule has 1 atom stereocenters. The summed E-state index contributed by atoms with van der Waals surface area (Å²) >= 11 is 0. The van der Waals surface area contributed by atoms with Crippen molar-refractivity contribution in [3.8, 4) is 5.75 Å². The van der Waals surface area contributed by atoms with Crippen molar-refractivity contribution in [1.82, 2.24) is 5.32 Å². The van der Waals surface area contributed by atoms with Gasteiger partial charge in [-0.05, 0) is 16.8 Å². The molecule has 4 heteroatoms. The Hall–Kier alpha value is -2.20. The minimum atomic E-state index is -1.08. The van der Waals surface area contributed by atoms with Crippen molar-refractivity contribution < 1.29 is 9.47 Å². The van der Waals surface area contributed by atoms with Crippen LogP contribution in [0.3, 0.4) is 0 Å². The first-order valence-electron chi connectivity index (χ1n) is 5.70. The van der Waals surface area contributed by atoms with E-state index in [-0.39, 0.29) is 0 Å². The molecule has 0 radical (unpaired) electrons. The number of ether oxygens (including phenoxy) is 2. The molecule has 0 bridgehead atoms. The first-order chi connectivity index (χ1) is 8.74. The van der Waals surface area contributed by atoms with Crippen LogP contribution in [0.1, 0.15) is 5.56 Å². The van der Waals surface area contributed by atoms with Gasteiger partial charge in [0.15, 0.2) is 0 Å². The molecule has 0 amide bonds. The second-order valence-electron chi connectivity index (χ2n) is 4.16. The Morgan fingerprint density at radius 2 is 2.06 bits per heavy atom. The van der Waals surface area contributed by atoms with E-state index in [4.69, 9.17) is 15.2 Å². The maximum Gasteiger partial charge on any atom is 0.266 e. The summed E-state index contributed by atoms with van der Waals surface area (Å²) in [5.41, 5.74) is 7.05. The van der Waals surface area contributed by atoms with Crippen LogP contribution in [-0.4, -0.2) is 7.11 Å². The number of methoxy groups -OCH3 is 1. The minimum absolute atomic E-state index is 0.701. The SMILES string of the molecule is COc1ccc2ccccc2c1C1(N)NC=CO1. The van der Waals surface area contributed by atoms with Crippen molar-refractivity contribution in [2.45, 2.75) is 5.85 Å². The van der Waals surface area contributed by atoms with E-state index in [1.807, 2.05) is 36.4 Å². The van der Waals surface area contributed by atoms with E-state index in [2.05, 4.69) is 5.32 Å². The lowest BCUT2D eigenvalue weighted by molar-refractivity contribution is 0.0263. The highest BCUT2D eigenvalue weighted by molar-refractivity contribution is 5.88. The fourth-order valence-electron chi connectivity index (χ4n) is 2.27. The third-order valence-corrected chi connectivity index (χ3v) is 3.10. The summed E-state index contributed by atoms with van der Waals surface area (Å²) in [7, 11) is 1.62. The highest BCUT2D eigenvalue weighted by Gasteiger charge is 2.35. The van der Waals surface area contributed by atoms with Gasteiger partial charge in [0, 0.05) is 6.20 Å². The number of fused-ring (bicyclic) bond motifs is 1. The predicted molar refractivity (Wildman–Crippen MR) is 69.7 cm³/mol. The maximum atomic E-state index is 6.25. The lowest BCUT2D eigenvalue weighted by atomic mass is 9.99. The van der Waals surface area contributed by atoms with E-state index in [1.165, 1.54) is 0 Å². The van der Waals surface area contributed by atoms with Gasteiger partial charge >= 0.3 is 0 Å². The highest BCUT2D eigenvalue weighted by atomic mass is 16.5. The second kappa shape index (κ2) is 3.92. The van der Waals surface area contributed by atoms with E-state index in [0.717, 1.165) is 16.3 Å². The van der Waals surface area contributed by atoms with Gasteiger partial charge in [0.1, 0.15) is 12.0 Å². The molecular weight excluding hydrogens is 228 g/mol. The first-order valence-corrected chi connectivity index (χ1v) is 5.70. The number of hydrogen-bond acceptors (Lipinski definition) is 4. The summed E-state index contributed by atoms with van der Waals surface area (Å²) in [5.74, 6) is -0.376. The monoisotopic (exact) mass is 242 g/mol. The van der Waals surface area contributed by atoms with E-state index >= 15 is 0 Å². The van der Waals surface area contributed by atoms with Crippen molar-refractivity contribution in [3.63, 3.8) is 0 Å². The molecule has 2 aromatic carbocycles. The molecule has 4 nitrogen and oxygen atoms in total. The molecule has 0 aliphatic carbocycles. The van der Waals surface area contributed by atoms with Crippen LogP contribution in [0.25, 0.3) is 10.8 Å². The van der Waals surface area contributed by atoms with Crippen LogP contribution >= 0.6 is 0 Å². The standard InChI is InChI=1S/C14H14N2O2/c1-17-12-7-6-10-4-2-3-5-11(10)13(12)14(15)16-8-9-18-14/h2-9,16H,15H2,1H3. The molecule has 3 N–H and O–H groups in total. The lowest BCUT2D eigenvalue weighted by Gasteiger charge is -2.27. The maximum absolute atomic E-state index is 6.25. The Balaban J connectivity index is 2.30. The molecule has 1 heterocycles. The average molecular weight is 242 g/mol. The van der Waals surface area contributed by atoms with Crippen LogP contribution in [-0.2, 0) is 10.6 Å². The summed E-state index contributed by atoms with van der Waals surface area (Å²) in [6, 6.07) is 11.9. The van der Waals surface area contributed by atoms with Crippen molar-refractivity contribution in [2.75, 3.05) is 7.11 Å². The number of benzene rings is 2. The van der Waals surface area contributed by atoms with Gasteiger partial charge in [-0.25, -0.2) is 0 Å². The first kappa shape index (κ1) is 10.9. The van der Waals surface area contributed by atoms with Gasteiger partial charge < -0.3 is 14.8 Å². The lowest BCUT2D eigenvalue weighted by Crippen LogP contribution is -2.46. The van der Waals surface area contributed by atoms with Crippen molar-refractivity contribution >= 4 is 10.8 Å². The summed E-state index contributed by atoms with van der Waals surface area (Å²) < 4.78 is 10.9. The molecule has 0 fully saturated rings. The van der Waals surface area contributed by atoms with Crippen molar-refractivity contribution in [1.29, 1.82) is 0 Å². The van der Waals surface area contributed by atoms with E-state index < -0.39 is 5.85 Å². The van der Waals surface area contributed by atoms with Crippen LogP contribution in [0.2, 0.25) is 0 Å². The zero-order valence-electron chi connectivity index (χ0n) is 10.0. The Bertz CT molecular complexity index is 614. The number of hydrogen-bond donors (Lipinski definition) is 2. The number of nitrogens with two attached hydrogens (primary N) is 1. The number of nitrogens with one attached hydrogen (secondary N) is 1. The molecular formula is C14H14N2O2. The van der Waals surface area contributed by atoms with Gasteiger partial charge in [-0.1, -0.05) is 30.3 Å². The highest BCUT2D eigenvalue weighted by Crippen LogP contribution is 2.36. The third kappa shape index (κ3) is 1.50. The molecule has 0 saturated carbocycles. The predicted octanol–water partition coefficient (Wildman–Crippen LogP) is 2.01. The smallest absolute Gasteiger partial charge is 0.266 e. The molecule has 1 aliphatic heterocycles. The Labute approximate surface area is 105 Å². The van der Waals surface area contributed by atoms with Crippen LogP contribution in [0, 0.1) is 0 Å². The molecule has 3 rings (SSSR count). The van der Waals surface area contributed by atoms with Crippen LogP contribution in [0.15, 0.2) is 48.9 Å². The molecule has 92 valence electrons. The Morgan fingerprint density at radius 3 is 2.78 bits per heavy atom. The fraction of sp³-hybridized carbons (Fsp3) is 0.143. The van der Waals surface area contributed by atoms with Crippen LogP contribution in [0.4, 0.5) is 0 Å². The topological polar surface area (TPSA) is 56.5 Å². The summed E-state index contributed by atoms with van der Waals surface area (Å²) in [4.78, 5) is 0. The molecule has 0 aromatic heterocycles. The average Bonchev–Trinajstić information content (AvgIpc) is 2.85. The van der Waals surface area contributed by atoms with E-state index in [9.17, 15) is 0 Å². The third-order valence-electron chi connectivity index (χ3n) is 3.10. The molecule has 2 aromatic rings. The normalized spacial score (nSPS) is 21.7.